The normalized spacial score (nSPS) is 12.2. The van der Waals surface area contributed by atoms with E-state index in [0.717, 1.165) is 11.3 Å². The van der Waals surface area contributed by atoms with E-state index in [4.69, 9.17) is 0 Å². The number of rotatable bonds is 5. The highest BCUT2D eigenvalue weighted by Crippen LogP contribution is 2.20. The van der Waals surface area contributed by atoms with Gasteiger partial charge in [-0.1, -0.05) is 12.1 Å². The Kier molecular flexibility index (Phi) is 4.67. The largest absolute Gasteiger partial charge is 0.337 e. The second-order valence-corrected chi connectivity index (χ2v) is 6.80. The molecular weight excluding hydrogens is 372 g/mol. The molecule has 4 aromatic rings. The van der Waals surface area contributed by atoms with Crippen molar-refractivity contribution in [2.24, 2.45) is 7.05 Å². The lowest BCUT2D eigenvalue weighted by Gasteiger charge is -2.25. The van der Waals surface area contributed by atoms with Gasteiger partial charge in [0.15, 0.2) is 5.65 Å². The van der Waals surface area contributed by atoms with Crippen molar-refractivity contribution in [1.82, 2.24) is 39.0 Å². The Labute approximate surface area is 166 Å². The summed E-state index contributed by atoms with van der Waals surface area (Å²) in [5.74, 6) is -0.190. The third-order valence-electron chi connectivity index (χ3n) is 5.06. The van der Waals surface area contributed by atoms with E-state index in [1.165, 1.54) is 28.1 Å². The summed E-state index contributed by atoms with van der Waals surface area (Å²) in [6, 6.07) is 7.56. The number of hydrogen-bond donors (Lipinski definition) is 0. The van der Waals surface area contributed by atoms with E-state index >= 15 is 0 Å². The first kappa shape index (κ1) is 18.5. The van der Waals surface area contributed by atoms with Crippen LogP contribution in [-0.2, 0) is 18.4 Å². The van der Waals surface area contributed by atoms with Gasteiger partial charge in [-0.05, 0) is 24.6 Å². The van der Waals surface area contributed by atoms with Gasteiger partial charge in [0.1, 0.15) is 30.9 Å². The van der Waals surface area contributed by atoms with Crippen molar-refractivity contribution in [2.45, 2.75) is 19.5 Å². The standard InChI is InChI=1S/C19H20N8O2/c1-13(14-4-6-15(7-5-14)27-11-20-10-23-27)24(2)17(28)9-26-12-21-18-16(19(26)29)8-22-25(18)3/h4-8,10-13H,9H2,1-3H3. The predicted octanol–water partition coefficient (Wildman–Crippen LogP) is 0.930. The molecule has 1 atom stereocenters. The van der Waals surface area contributed by atoms with Gasteiger partial charge in [-0.25, -0.2) is 14.6 Å². The Hall–Kier alpha value is -3.82. The molecule has 3 heterocycles. The van der Waals surface area contributed by atoms with Gasteiger partial charge in [0.05, 0.1) is 17.9 Å². The Bertz CT molecular complexity index is 1210. The maximum Gasteiger partial charge on any atom is 0.264 e. The Morgan fingerprint density at radius 3 is 2.62 bits per heavy atom. The molecule has 4 rings (SSSR count). The number of nitrogens with zero attached hydrogens (tertiary/aromatic N) is 8. The highest BCUT2D eigenvalue weighted by Gasteiger charge is 2.19. The highest BCUT2D eigenvalue weighted by atomic mass is 16.2. The van der Waals surface area contributed by atoms with Gasteiger partial charge in [-0.3, -0.25) is 18.8 Å². The second kappa shape index (κ2) is 7.30. The number of carbonyl (C=O) groups is 1. The van der Waals surface area contributed by atoms with Gasteiger partial charge in [-0.2, -0.15) is 10.2 Å². The number of aromatic nitrogens is 7. The molecule has 0 aliphatic rings. The van der Waals surface area contributed by atoms with Gasteiger partial charge in [0.2, 0.25) is 5.91 Å². The van der Waals surface area contributed by atoms with E-state index in [9.17, 15) is 9.59 Å². The Morgan fingerprint density at radius 1 is 1.17 bits per heavy atom. The first-order valence-electron chi connectivity index (χ1n) is 9.03. The average molecular weight is 392 g/mol. The third-order valence-corrected chi connectivity index (χ3v) is 5.06. The third kappa shape index (κ3) is 3.40. The van der Waals surface area contributed by atoms with Crippen molar-refractivity contribution < 1.29 is 4.79 Å². The molecule has 1 aromatic carbocycles. The fourth-order valence-electron chi connectivity index (χ4n) is 3.12. The number of benzene rings is 1. The molecular formula is C19H20N8O2. The minimum absolute atomic E-state index is 0.0887. The monoisotopic (exact) mass is 392 g/mol. The van der Waals surface area contributed by atoms with Crippen molar-refractivity contribution in [1.29, 1.82) is 0 Å². The van der Waals surface area contributed by atoms with Crippen LogP contribution in [0, 0.1) is 0 Å². The lowest BCUT2D eigenvalue weighted by molar-refractivity contribution is -0.132. The zero-order chi connectivity index (χ0) is 20.5. The number of aryl methyl sites for hydroxylation is 1. The van der Waals surface area contributed by atoms with Crippen molar-refractivity contribution in [3.63, 3.8) is 0 Å². The number of hydrogen-bond acceptors (Lipinski definition) is 6. The molecule has 3 aromatic heterocycles. The van der Waals surface area contributed by atoms with Crippen LogP contribution in [0.1, 0.15) is 18.5 Å². The average Bonchev–Trinajstić information content (AvgIpc) is 3.40. The Balaban J connectivity index is 1.50. The molecule has 0 aliphatic heterocycles. The van der Waals surface area contributed by atoms with Crippen molar-refractivity contribution >= 4 is 16.9 Å². The molecule has 10 nitrogen and oxygen atoms in total. The minimum Gasteiger partial charge on any atom is -0.337 e. The van der Waals surface area contributed by atoms with Crippen molar-refractivity contribution in [2.75, 3.05) is 7.05 Å². The quantitative estimate of drug-likeness (QED) is 0.500. The number of likely N-dealkylation sites (N-methyl/N-ethyl adjacent to an activating group) is 1. The molecule has 10 heteroatoms. The van der Waals surface area contributed by atoms with Crippen LogP contribution in [0.4, 0.5) is 0 Å². The summed E-state index contributed by atoms with van der Waals surface area (Å²) in [5, 5.41) is 8.53. The predicted molar refractivity (Wildman–Crippen MR) is 105 cm³/mol. The molecule has 1 amide bonds. The first-order chi connectivity index (χ1) is 14.0. The van der Waals surface area contributed by atoms with E-state index in [-0.39, 0.29) is 24.1 Å². The van der Waals surface area contributed by atoms with E-state index in [0.29, 0.717) is 11.0 Å². The fourth-order valence-corrected chi connectivity index (χ4v) is 3.12. The van der Waals surface area contributed by atoms with Gasteiger partial charge >= 0.3 is 0 Å². The molecule has 1 unspecified atom stereocenters. The summed E-state index contributed by atoms with van der Waals surface area (Å²) in [4.78, 5) is 35.1. The molecule has 0 saturated carbocycles. The summed E-state index contributed by atoms with van der Waals surface area (Å²) in [6.07, 6.45) is 5.95. The van der Waals surface area contributed by atoms with Crippen molar-refractivity contribution in [3.05, 3.63) is 65.4 Å². The molecule has 0 bridgehead atoms. The summed E-state index contributed by atoms with van der Waals surface area (Å²) in [7, 11) is 3.44. The van der Waals surface area contributed by atoms with Crippen LogP contribution < -0.4 is 5.56 Å². The van der Waals surface area contributed by atoms with E-state index in [2.05, 4.69) is 20.2 Å². The van der Waals surface area contributed by atoms with Crippen LogP contribution in [0.3, 0.4) is 0 Å². The summed E-state index contributed by atoms with van der Waals surface area (Å²) in [6.45, 7) is 1.85. The molecule has 0 spiro atoms. The molecule has 0 fully saturated rings. The molecule has 0 saturated heterocycles. The Morgan fingerprint density at radius 2 is 1.93 bits per heavy atom. The highest BCUT2D eigenvalue weighted by molar-refractivity contribution is 5.77. The molecule has 148 valence electrons. The second-order valence-electron chi connectivity index (χ2n) is 6.80. The van der Waals surface area contributed by atoms with Gasteiger partial charge in [0, 0.05) is 14.1 Å². The number of amides is 1. The maximum absolute atomic E-state index is 12.8. The van der Waals surface area contributed by atoms with Crippen LogP contribution in [0.25, 0.3) is 16.7 Å². The SMILES string of the molecule is CC(c1ccc(-n2cncn2)cc1)N(C)C(=O)Cn1cnc2c(cnn2C)c1=O. The van der Waals surface area contributed by atoms with Gasteiger partial charge in [-0.15, -0.1) is 0 Å². The van der Waals surface area contributed by atoms with Crippen LogP contribution in [0.5, 0.6) is 0 Å². The summed E-state index contributed by atoms with van der Waals surface area (Å²) in [5.41, 5.74) is 2.07. The van der Waals surface area contributed by atoms with Gasteiger partial charge < -0.3 is 4.90 Å². The smallest absolute Gasteiger partial charge is 0.264 e. The number of fused-ring (bicyclic) bond motifs is 1. The zero-order valence-corrected chi connectivity index (χ0v) is 16.3. The van der Waals surface area contributed by atoms with Crippen LogP contribution in [-0.4, -0.2) is 52.0 Å². The van der Waals surface area contributed by atoms with E-state index < -0.39 is 0 Å². The summed E-state index contributed by atoms with van der Waals surface area (Å²) < 4.78 is 4.50. The fraction of sp³-hybridized carbons (Fsp3) is 0.263. The number of carbonyl (C=O) groups excluding carboxylic acids is 1. The van der Waals surface area contributed by atoms with Crippen molar-refractivity contribution in [3.8, 4) is 5.69 Å². The maximum atomic E-state index is 12.8. The van der Waals surface area contributed by atoms with E-state index in [1.807, 2.05) is 31.2 Å². The lowest BCUT2D eigenvalue weighted by atomic mass is 10.1. The van der Waals surface area contributed by atoms with Gasteiger partial charge in [0.25, 0.3) is 5.56 Å². The summed E-state index contributed by atoms with van der Waals surface area (Å²) >= 11 is 0. The molecule has 0 N–H and O–H groups in total. The van der Waals surface area contributed by atoms with Crippen LogP contribution in [0.15, 0.2) is 54.2 Å². The molecule has 0 aliphatic carbocycles. The lowest BCUT2D eigenvalue weighted by Crippen LogP contribution is -2.35. The topological polar surface area (TPSA) is 104 Å². The minimum atomic E-state index is -0.283. The first-order valence-corrected chi connectivity index (χ1v) is 9.03. The van der Waals surface area contributed by atoms with Crippen LogP contribution in [0.2, 0.25) is 0 Å². The van der Waals surface area contributed by atoms with Crippen LogP contribution >= 0.6 is 0 Å². The molecule has 29 heavy (non-hydrogen) atoms. The zero-order valence-electron chi connectivity index (χ0n) is 16.3. The van der Waals surface area contributed by atoms with E-state index in [1.54, 1.807) is 30.0 Å². The molecule has 0 radical (unpaired) electrons.